The SMILES string of the molecule is CN=C(NCCOc1ccccc1C(C)(C)C)NC(C)COC1CCOC1. The average molecular weight is 378 g/mol. The largest absolute Gasteiger partial charge is 0.491 e. The Bertz CT molecular complexity index is 593. The number of nitrogens with one attached hydrogen (secondary N) is 2. The summed E-state index contributed by atoms with van der Waals surface area (Å²) in [5, 5.41) is 6.63. The molecule has 1 fully saturated rings. The molecule has 2 atom stereocenters. The van der Waals surface area contributed by atoms with Crippen molar-refractivity contribution in [1.29, 1.82) is 0 Å². The molecule has 1 aromatic carbocycles. The predicted octanol–water partition coefficient (Wildman–Crippen LogP) is 2.72. The number of hydrogen-bond acceptors (Lipinski definition) is 4. The Labute approximate surface area is 163 Å². The van der Waals surface area contributed by atoms with Crippen LogP contribution >= 0.6 is 0 Å². The summed E-state index contributed by atoms with van der Waals surface area (Å²) < 4.78 is 17.2. The Morgan fingerprint density at radius 2 is 2.11 bits per heavy atom. The van der Waals surface area contributed by atoms with Crippen LogP contribution in [-0.4, -0.2) is 58.1 Å². The topological polar surface area (TPSA) is 64.1 Å². The van der Waals surface area contributed by atoms with Crippen molar-refractivity contribution in [2.24, 2.45) is 4.99 Å². The molecule has 2 rings (SSSR count). The highest BCUT2D eigenvalue weighted by molar-refractivity contribution is 5.79. The summed E-state index contributed by atoms with van der Waals surface area (Å²) in [6.07, 6.45) is 1.20. The van der Waals surface area contributed by atoms with E-state index in [9.17, 15) is 0 Å². The Morgan fingerprint density at radius 3 is 2.78 bits per heavy atom. The highest BCUT2D eigenvalue weighted by Crippen LogP contribution is 2.30. The predicted molar refractivity (Wildman–Crippen MR) is 110 cm³/mol. The summed E-state index contributed by atoms with van der Waals surface area (Å²) >= 11 is 0. The van der Waals surface area contributed by atoms with Crippen LogP contribution in [0.3, 0.4) is 0 Å². The fourth-order valence-corrected chi connectivity index (χ4v) is 2.94. The monoisotopic (exact) mass is 377 g/mol. The van der Waals surface area contributed by atoms with Crippen LogP contribution in [0.4, 0.5) is 0 Å². The summed E-state index contributed by atoms with van der Waals surface area (Å²) in [5.41, 5.74) is 1.27. The zero-order valence-corrected chi connectivity index (χ0v) is 17.4. The maximum atomic E-state index is 5.99. The summed E-state index contributed by atoms with van der Waals surface area (Å²) in [7, 11) is 1.77. The summed E-state index contributed by atoms with van der Waals surface area (Å²) in [6.45, 7) is 12.0. The lowest BCUT2D eigenvalue weighted by molar-refractivity contribution is 0.0347. The minimum absolute atomic E-state index is 0.0569. The number of aliphatic imine (C=N–C) groups is 1. The number of para-hydroxylation sites is 1. The molecule has 152 valence electrons. The summed E-state index contributed by atoms with van der Waals surface area (Å²) in [5.74, 6) is 1.69. The van der Waals surface area contributed by atoms with Gasteiger partial charge in [0.1, 0.15) is 12.4 Å². The van der Waals surface area contributed by atoms with Crippen LogP contribution in [-0.2, 0) is 14.9 Å². The van der Waals surface area contributed by atoms with Crippen molar-refractivity contribution in [3.63, 3.8) is 0 Å². The third-order valence-electron chi connectivity index (χ3n) is 4.42. The van der Waals surface area contributed by atoms with E-state index in [0.29, 0.717) is 26.4 Å². The molecule has 6 nitrogen and oxygen atoms in total. The van der Waals surface area contributed by atoms with Gasteiger partial charge in [-0.2, -0.15) is 0 Å². The molecule has 1 aliphatic heterocycles. The maximum Gasteiger partial charge on any atom is 0.191 e. The Hall–Kier alpha value is -1.79. The average Bonchev–Trinajstić information content (AvgIpc) is 3.15. The number of ether oxygens (including phenoxy) is 3. The molecular formula is C21H35N3O3. The van der Waals surface area contributed by atoms with Crippen LogP contribution in [0, 0.1) is 0 Å². The second-order valence-electron chi connectivity index (χ2n) is 7.96. The van der Waals surface area contributed by atoms with Gasteiger partial charge in [0.2, 0.25) is 0 Å². The highest BCUT2D eigenvalue weighted by Gasteiger charge is 2.19. The van der Waals surface area contributed by atoms with E-state index in [1.165, 1.54) is 5.56 Å². The van der Waals surface area contributed by atoms with E-state index in [4.69, 9.17) is 14.2 Å². The molecule has 27 heavy (non-hydrogen) atoms. The lowest BCUT2D eigenvalue weighted by Gasteiger charge is -2.23. The van der Waals surface area contributed by atoms with Gasteiger partial charge in [0.05, 0.1) is 25.9 Å². The lowest BCUT2D eigenvalue weighted by Crippen LogP contribution is -2.45. The van der Waals surface area contributed by atoms with Crippen molar-refractivity contribution in [2.75, 3.05) is 40.0 Å². The Balaban J connectivity index is 1.70. The van der Waals surface area contributed by atoms with Crippen LogP contribution in [0.5, 0.6) is 5.75 Å². The minimum atomic E-state index is 0.0569. The molecule has 0 saturated carbocycles. The molecule has 0 radical (unpaired) electrons. The summed E-state index contributed by atoms with van der Waals surface area (Å²) in [6, 6.07) is 8.38. The number of guanidine groups is 1. The van der Waals surface area contributed by atoms with E-state index in [2.05, 4.69) is 55.5 Å². The standard InChI is InChI=1S/C21H35N3O3/c1-16(14-27-17-10-12-25-15-17)24-20(22-5)23-11-13-26-19-9-7-6-8-18(19)21(2,3)4/h6-9,16-17H,10-15H2,1-5H3,(H2,22,23,24). The summed E-state index contributed by atoms with van der Waals surface area (Å²) in [4.78, 5) is 4.27. The van der Waals surface area contributed by atoms with Gasteiger partial charge < -0.3 is 24.8 Å². The Kier molecular flexibility index (Phi) is 8.38. The normalized spacial score (nSPS) is 19.0. The molecule has 6 heteroatoms. The van der Waals surface area contributed by atoms with E-state index in [0.717, 1.165) is 24.7 Å². The van der Waals surface area contributed by atoms with Gasteiger partial charge in [0.15, 0.2) is 5.96 Å². The lowest BCUT2D eigenvalue weighted by atomic mass is 9.86. The Morgan fingerprint density at radius 1 is 1.33 bits per heavy atom. The second-order valence-corrected chi connectivity index (χ2v) is 7.96. The van der Waals surface area contributed by atoms with Crippen LogP contribution in [0.2, 0.25) is 0 Å². The van der Waals surface area contributed by atoms with Gasteiger partial charge in [-0.1, -0.05) is 39.0 Å². The van der Waals surface area contributed by atoms with Crippen molar-refractivity contribution >= 4 is 5.96 Å². The van der Waals surface area contributed by atoms with Crippen molar-refractivity contribution < 1.29 is 14.2 Å². The molecule has 0 bridgehead atoms. The van der Waals surface area contributed by atoms with E-state index in [1.54, 1.807) is 7.05 Å². The van der Waals surface area contributed by atoms with Gasteiger partial charge in [0.25, 0.3) is 0 Å². The minimum Gasteiger partial charge on any atom is -0.491 e. The van der Waals surface area contributed by atoms with Gasteiger partial charge in [-0.15, -0.1) is 0 Å². The zero-order valence-electron chi connectivity index (χ0n) is 17.4. The van der Waals surface area contributed by atoms with Crippen molar-refractivity contribution in [1.82, 2.24) is 10.6 Å². The first-order valence-corrected chi connectivity index (χ1v) is 9.79. The molecule has 0 aromatic heterocycles. The maximum absolute atomic E-state index is 5.99. The van der Waals surface area contributed by atoms with Gasteiger partial charge in [-0.05, 0) is 30.4 Å². The van der Waals surface area contributed by atoms with Crippen LogP contribution in [0.15, 0.2) is 29.3 Å². The molecule has 1 saturated heterocycles. The van der Waals surface area contributed by atoms with Crippen molar-refractivity contribution in [2.45, 2.75) is 51.7 Å². The number of nitrogens with zero attached hydrogens (tertiary/aromatic N) is 1. The first-order valence-electron chi connectivity index (χ1n) is 9.79. The smallest absolute Gasteiger partial charge is 0.191 e. The molecule has 1 aromatic rings. The third kappa shape index (κ3) is 7.39. The third-order valence-corrected chi connectivity index (χ3v) is 4.42. The van der Waals surface area contributed by atoms with Gasteiger partial charge in [-0.25, -0.2) is 0 Å². The fraction of sp³-hybridized carbons (Fsp3) is 0.667. The molecule has 2 unspecified atom stereocenters. The van der Waals surface area contributed by atoms with Crippen molar-refractivity contribution in [3.8, 4) is 5.75 Å². The first kappa shape index (κ1) is 21.5. The van der Waals surface area contributed by atoms with E-state index in [-0.39, 0.29) is 17.6 Å². The van der Waals surface area contributed by atoms with Crippen LogP contribution in [0.25, 0.3) is 0 Å². The van der Waals surface area contributed by atoms with Gasteiger partial charge in [-0.3, -0.25) is 4.99 Å². The zero-order chi connectivity index (χ0) is 19.7. The van der Waals surface area contributed by atoms with Crippen LogP contribution in [0.1, 0.15) is 39.7 Å². The molecule has 2 N–H and O–H groups in total. The molecule has 0 aliphatic carbocycles. The van der Waals surface area contributed by atoms with Crippen LogP contribution < -0.4 is 15.4 Å². The second kappa shape index (κ2) is 10.5. The first-order chi connectivity index (χ1) is 12.9. The molecule has 0 spiro atoms. The van der Waals surface area contributed by atoms with Gasteiger partial charge >= 0.3 is 0 Å². The fourth-order valence-electron chi connectivity index (χ4n) is 2.94. The molecule has 1 aliphatic rings. The number of rotatable bonds is 8. The van der Waals surface area contributed by atoms with E-state index in [1.807, 2.05) is 12.1 Å². The van der Waals surface area contributed by atoms with E-state index < -0.39 is 0 Å². The number of benzene rings is 1. The van der Waals surface area contributed by atoms with Gasteiger partial charge in [0, 0.05) is 19.7 Å². The highest BCUT2D eigenvalue weighted by atomic mass is 16.5. The molecular weight excluding hydrogens is 342 g/mol. The number of hydrogen-bond donors (Lipinski definition) is 2. The van der Waals surface area contributed by atoms with E-state index >= 15 is 0 Å². The van der Waals surface area contributed by atoms with Crippen molar-refractivity contribution in [3.05, 3.63) is 29.8 Å². The molecule has 1 heterocycles. The quantitative estimate of drug-likeness (QED) is 0.414. The molecule has 0 amide bonds.